The summed E-state index contributed by atoms with van der Waals surface area (Å²) in [5.41, 5.74) is 6.10. The quantitative estimate of drug-likeness (QED) is 0.796. The Labute approximate surface area is 106 Å². The Hall–Kier alpha value is -0.120. The van der Waals surface area contributed by atoms with Crippen LogP contribution in [0.2, 0.25) is 0 Å². The molecule has 1 saturated carbocycles. The van der Waals surface area contributed by atoms with E-state index in [1.807, 2.05) is 6.92 Å². The third-order valence-corrected chi connectivity index (χ3v) is 4.43. The molecule has 17 heavy (non-hydrogen) atoms. The molecule has 4 unspecified atom stereocenters. The van der Waals surface area contributed by atoms with Gasteiger partial charge in [-0.1, -0.05) is 20.8 Å². The molecule has 102 valence electrons. The molecule has 0 radical (unpaired) electrons. The molecule has 3 N–H and O–H groups in total. The van der Waals surface area contributed by atoms with E-state index < -0.39 is 6.10 Å². The summed E-state index contributed by atoms with van der Waals surface area (Å²) in [5, 5.41) is 9.58. The molecule has 0 bridgehead atoms. The van der Waals surface area contributed by atoms with Crippen molar-refractivity contribution in [1.29, 1.82) is 0 Å². The van der Waals surface area contributed by atoms with Crippen molar-refractivity contribution in [2.45, 2.75) is 71.7 Å². The van der Waals surface area contributed by atoms with Gasteiger partial charge in [0.1, 0.15) is 0 Å². The van der Waals surface area contributed by atoms with E-state index in [0.717, 1.165) is 19.3 Å². The molecule has 3 nitrogen and oxygen atoms in total. The topological polar surface area (TPSA) is 55.5 Å². The lowest BCUT2D eigenvalue weighted by molar-refractivity contribution is -0.168. The van der Waals surface area contributed by atoms with Gasteiger partial charge in [-0.2, -0.15) is 0 Å². The first-order valence-electron chi connectivity index (χ1n) is 6.78. The molecule has 0 aromatic carbocycles. The zero-order valence-electron chi connectivity index (χ0n) is 12.0. The van der Waals surface area contributed by atoms with E-state index in [4.69, 9.17) is 10.5 Å². The van der Waals surface area contributed by atoms with Crippen LogP contribution in [0.4, 0.5) is 0 Å². The van der Waals surface area contributed by atoms with Crippen LogP contribution < -0.4 is 5.73 Å². The van der Waals surface area contributed by atoms with Crippen molar-refractivity contribution in [3.8, 4) is 0 Å². The Morgan fingerprint density at radius 1 is 1.35 bits per heavy atom. The lowest BCUT2D eigenvalue weighted by Crippen LogP contribution is -2.53. The second-order valence-corrected chi connectivity index (χ2v) is 6.60. The molecular formula is C14H29NO2. The second-order valence-electron chi connectivity index (χ2n) is 6.60. The minimum absolute atomic E-state index is 0.151. The van der Waals surface area contributed by atoms with E-state index in [-0.39, 0.29) is 11.7 Å². The fourth-order valence-electron chi connectivity index (χ4n) is 2.91. The SMILES string of the molecule is CC(O)C(C)OC1(CN)CCC(C)(C)CC1C. The lowest BCUT2D eigenvalue weighted by Gasteiger charge is -2.49. The average molecular weight is 243 g/mol. The van der Waals surface area contributed by atoms with Crippen LogP contribution in [0.5, 0.6) is 0 Å². The molecule has 0 amide bonds. The first kappa shape index (κ1) is 14.9. The molecular weight excluding hydrogens is 214 g/mol. The Morgan fingerprint density at radius 2 is 1.94 bits per heavy atom. The molecule has 1 aliphatic rings. The highest BCUT2D eigenvalue weighted by Gasteiger charge is 2.45. The number of hydrogen-bond acceptors (Lipinski definition) is 3. The molecule has 0 aliphatic heterocycles. The molecule has 0 aromatic rings. The van der Waals surface area contributed by atoms with Crippen LogP contribution in [0.25, 0.3) is 0 Å². The normalized spacial score (nSPS) is 36.5. The first-order chi connectivity index (χ1) is 7.72. The van der Waals surface area contributed by atoms with Gasteiger partial charge in [-0.25, -0.2) is 0 Å². The predicted molar refractivity (Wildman–Crippen MR) is 70.8 cm³/mol. The van der Waals surface area contributed by atoms with E-state index in [1.165, 1.54) is 0 Å². The maximum Gasteiger partial charge on any atom is 0.0834 e. The summed E-state index contributed by atoms with van der Waals surface area (Å²) in [6, 6.07) is 0. The second kappa shape index (κ2) is 5.25. The summed E-state index contributed by atoms with van der Waals surface area (Å²) in [7, 11) is 0. The van der Waals surface area contributed by atoms with E-state index in [2.05, 4.69) is 20.8 Å². The average Bonchev–Trinajstić information content (AvgIpc) is 2.21. The maximum atomic E-state index is 9.58. The largest absolute Gasteiger partial charge is 0.391 e. The van der Waals surface area contributed by atoms with Crippen LogP contribution in [0.15, 0.2) is 0 Å². The standard InChI is InChI=1S/C14H29NO2/c1-10-8-13(4,5)6-7-14(10,9-15)17-12(3)11(2)16/h10-12,16H,6-9,15H2,1-5H3. The summed E-state index contributed by atoms with van der Waals surface area (Å²) in [4.78, 5) is 0. The van der Waals surface area contributed by atoms with Crippen LogP contribution in [0.1, 0.15) is 53.9 Å². The predicted octanol–water partition coefficient (Wildman–Crippen LogP) is 2.32. The third-order valence-electron chi connectivity index (χ3n) is 4.43. The van der Waals surface area contributed by atoms with Gasteiger partial charge in [0.05, 0.1) is 17.8 Å². The van der Waals surface area contributed by atoms with Gasteiger partial charge >= 0.3 is 0 Å². The fraction of sp³-hybridized carbons (Fsp3) is 1.00. The van der Waals surface area contributed by atoms with Crippen molar-refractivity contribution in [2.75, 3.05) is 6.54 Å². The number of ether oxygens (including phenoxy) is 1. The molecule has 1 rings (SSSR count). The number of hydrogen-bond donors (Lipinski definition) is 2. The Balaban J connectivity index is 2.76. The van der Waals surface area contributed by atoms with Crippen molar-refractivity contribution >= 4 is 0 Å². The summed E-state index contributed by atoms with van der Waals surface area (Å²) in [6.45, 7) is 11.1. The number of nitrogens with two attached hydrogens (primary N) is 1. The Kier molecular flexibility index (Phi) is 4.61. The van der Waals surface area contributed by atoms with Crippen LogP contribution in [0, 0.1) is 11.3 Å². The number of rotatable bonds is 4. The van der Waals surface area contributed by atoms with Gasteiger partial charge in [0, 0.05) is 6.54 Å². The molecule has 0 aromatic heterocycles. The van der Waals surface area contributed by atoms with Crippen molar-refractivity contribution in [1.82, 2.24) is 0 Å². The van der Waals surface area contributed by atoms with Crippen LogP contribution in [0.3, 0.4) is 0 Å². The molecule has 0 heterocycles. The number of aliphatic hydroxyl groups is 1. The summed E-state index contributed by atoms with van der Waals surface area (Å²) >= 11 is 0. The van der Waals surface area contributed by atoms with Gasteiger partial charge in [0.15, 0.2) is 0 Å². The third kappa shape index (κ3) is 3.43. The number of aliphatic hydroxyl groups excluding tert-OH is 1. The van der Waals surface area contributed by atoms with E-state index >= 15 is 0 Å². The maximum absolute atomic E-state index is 9.58. The van der Waals surface area contributed by atoms with Crippen molar-refractivity contribution in [3.63, 3.8) is 0 Å². The van der Waals surface area contributed by atoms with Crippen LogP contribution in [-0.4, -0.2) is 29.5 Å². The van der Waals surface area contributed by atoms with Crippen molar-refractivity contribution in [2.24, 2.45) is 17.1 Å². The molecule has 4 atom stereocenters. The first-order valence-corrected chi connectivity index (χ1v) is 6.78. The van der Waals surface area contributed by atoms with E-state index in [9.17, 15) is 5.11 Å². The van der Waals surface area contributed by atoms with Gasteiger partial charge in [0.2, 0.25) is 0 Å². The van der Waals surface area contributed by atoms with E-state index in [0.29, 0.717) is 17.9 Å². The molecule has 1 fully saturated rings. The van der Waals surface area contributed by atoms with Gasteiger partial charge in [-0.15, -0.1) is 0 Å². The zero-order valence-corrected chi connectivity index (χ0v) is 12.0. The highest BCUT2D eigenvalue weighted by molar-refractivity contribution is 4.96. The molecule has 3 heteroatoms. The Morgan fingerprint density at radius 3 is 2.35 bits per heavy atom. The monoisotopic (exact) mass is 243 g/mol. The van der Waals surface area contributed by atoms with Gasteiger partial charge in [-0.05, 0) is 44.4 Å². The zero-order chi connectivity index (χ0) is 13.3. The molecule has 0 saturated heterocycles. The fourth-order valence-corrected chi connectivity index (χ4v) is 2.91. The molecule has 1 aliphatic carbocycles. The van der Waals surface area contributed by atoms with Crippen molar-refractivity contribution in [3.05, 3.63) is 0 Å². The van der Waals surface area contributed by atoms with Crippen molar-refractivity contribution < 1.29 is 9.84 Å². The highest BCUT2D eigenvalue weighted by Crippen LogP contribution is 2.45. The van der Waals surface area contributed by atoms with Gasteiger partial charge in [-0.3, -0.25) is 0 Å². The smallest absolute Gasteiger partial charge is 0.0834 e. The lowest BCUT2D eigenvalue weighted by atomic mass is 9.65. The molecule has 0 spiro atoms. The Bertz CT molecular complexity index is 253. The summed E-state index contributed by atoms with van der Waals surface area (Å²) in [5.74, 6) is 0.442. The van der Waals surface area contributed by atoms with Gasteiger partial charge in [0.25, 0.3) is 0 Å². The summed E-state index contributed by atoms with van der Waals surface area (Å²) in [6.07, 6.45) is 2.68. The van der Waals surface area contributed by atoms with Crippen LogP contribution >= 0.6 is 0 Å². The minimum atomic E-state index is -0.444. The van der Waals surface area contributed by atoms with E-state index in [1.54, 1.807) is 6.92 Å². The van der Waals surface area contributed by atoms with Crippen LogP contribution in [-0.2, 0) is 4.74 Å². The summed E-state index contributed by atoms with van der Waals surface area (Å²) < 4.78 is 6.12. The van der Waals surface area contributed by atoms with Gasteiger partial charge < -0.3 is 15.6 Å². The highest BCUT2D eigenvalue weighted by atomic mass is 16.5. The minimum Gasteiger partial charge on any atom is -0.391 e.